The Morgan fingerprint density at radius 1 is 1.28 bits per heavy atom. The molecule has 25 heavy (non-hydrogen) atoms. The molecule has 2 aliphatic rings. The van der Waals surface area contributed by atoms with Crippen LogP contribution in [0.15, 0.2) is 30.3 Å². The van der Waals surface area contributed by atoms with Gasteiger partial charge in [0.15, 0.2) is 0 Å². The van der Waals surface area contributed by atoms with E-state index in [0.717, 1.165) is 12.8 Å². The molecular weight excluding hydrogens is 318 g/mol. The molecule has 3 rings (SSSR count). The summed E-state index contributed by atoms with van der Waals surface area (Å²) in [6.07, 6.45) is 2.53. The summed E-state index contributed by atoms with van der Waals surface area (Å²) in [6.45, 7) is 2.87. The SMILES string of the molecule is CCCC[C@H](N)C(=O)N1CCC2C1[C@@H](O)CN2C(=O)c1ccccc1. The van der Waals surface area contributed by atoms with Crippen molar-refractivity contribution in [3.8, 4) is 0 Å². The number of amides is 2. The molecular formula is C19H27N3O3. The van der Waals surface area contributed by atoms with Gasteiger partial charge in [-0.3, -0.25) is 9.59 Å². The van der Waals surface area contributed by atoms with Gasteiger partial charge in [-0.15, -0.1) is 0 Å². The van der Waals surface area contributed by atoms with Gasteiger partial charge in [0.25, 0.3) is 5.91 Å². The third-order valence-corrected chi connectivity index (χ3v) is 5.35. The Morgan fingerprint density at radius 3 is 2.68 bits per heavy atom. The van der Waals surface area contributed by atoms with Gasteiger partial charge < -0.3 is 20.6 Å². The maximum Gasteiger partial charge on any atom is 0.254 e. The molecule has 2 saturated heterocycles. The van der Waals surface area contributed by atoms with Crippen LogP contribution in [0, 0.1) is 0 Å². The number of β-amino-alcohol motifs (C(OH)–C–C–N with tert-alkyl or cyclic N) is 1. The highest BCUT2D eigenvalue weighted by molar-refractivity contribution is 5.95. The monoisotopic (exact) mass is 345 g/mol. The Morgan fingerprint density at radius 2 is 2.00 bits per heavy atom. The van der Waals surface area contributed by atoms with Crippen molar-refractivity contribution >= 4 is 11.8 Å². The Kier molecular flexibility index (Phi) is 5.39. The zero-order valence-electron chi connectivity index (χ0n) is 14.7. The summed E-state index contributed by atoms with van der Waals surface area (Å²) >= 11 is 0. The normalized spacial score (nSPS) is 26.6. The van der Waals surface area contributed by atoms with Crippen LogP contribution in [0.3, 0.4) is 0 Å². The summed E-state index contributed by atoms with van der Waals surface area (Å²) < 4.78 is 0. The molecule has 0 spiro atoms. The summed E-state index contributed by atoms with van der Waals surface area (Å²) in [5, 5.41) is 10.5. The molecule has 6 heteroatoms. The molecule has 0 aliphatic carbocycles. The fourth-order valence-corrected chi connectivity index (χ4v) is 4.05. The number of hydrogen-bond donors (Lipinski definition) is 2. The Hall–Kier alpha value is -1.92. The molecule has 2 heterocycles. The maximum atomic E-state index is 12.8. The lowest BCUT2D eigenvalue weighted by atomic mass is 10.1. The molecule has 4 atom stereocenters. The molecule has 0 bridgehead atoms. The highest BCUT2D eigenvalue weighted by atomic mass is 16.3. The van der Waals surface area contributed by atoms with E-state index in [1.54, 1.807) is 21.9 Å². The average Bonchev–Trinajstić information content (AvgIpc) is 3.20. The van der Waals surface area contributed by atoms with Crippen molar-refractivity contribution in [1.29, 1.82) is 0 Å². The molecule has 2 aliphatic heterocycles. The number of aliphatic hydroxyl groups is 1. The molecule has 2 amide bonds. The lowest BCUT2D eigenvalue weighted by Gasteiger charge is -2.28. The maximum absolute atomic E-state index is 12.8. The number of aliphatic hydroxyl groups excluding tert-OH is 1. The molecule has 0 saturated carbocycles. The van der Waals surface area contributed by atoms with Crippen molar-refractivity contribution in [3.05, 3.63) is 35.9 Å². The highest BCUT2D eigenvalue weighted by Crippen LogP contribution is 2.33. The van der Waals surface area contributed by atoms with Crippen molar-refractivity contribution in [1.82, 2.24) is 9.80 Å². The molecule has 0 aromatic heterocycles. The van der Waals surface area contributed by atoms with E-state index in [9.17, 15) is 14.7 Å². The predicted octanol–water partition coefficient (Wildman–Crippen LogP) is 0.990. The van der Waals surface area contributed by atoms with E-state index in [-0.39, 0.29) is 30.4 Å². The van der Waals surface area contributed by atoms with Crippen molar-refractivity contribution in [3.63, 3.8) is 0 Å². The summed E-state index contributed by atoms with van der Waals surface area (Å²) in [6, 6.07) is 8.08. The van der Waals surface area contributed by atoms with Crippen LogP contribution in [0.5, 0.6) is 0 Å². The zero-order valence-corrected chi connectivity index (χ0v) is 14.7. The van der Waals surface area contributed by atoms with Gasteiger partial charge in [0, 0.05) is 18.7 Å². The molecule has 3 N–H and O–H groups in total. The summed E-state index contributed by atoms with van der Waals surface area (Å²) in [5.74, 6) is -0.189. The number of unbranched alkanes of at least 4 members (excludes halogenated alkanes) is 1. The van der Waals surface area contributed by atoms with Crippen LogP contribution in [0.25, 0.3) is 0 Å². The molecule has 136 valence electrons. The van der Waals surface area contributed by atoms with E-state index in [4.69, 9.17) is 5.73 Å². The largest absolute Gasteiger partial charge is 0.389 e. The van der Waals surface area contributed by atoms with Crippen LogP contribution in [0.1, 0.15) is 43.0 Å². The number of fused-ring (bicyclic) bond motifs is 1. The average molecular weight is 345 g/mol. The summed E-state index contributed by atoms with van der Waals surface area (Å²) in [7, 11) is 0. The smallest absolute Gasteiger partial charge is 0.254 e. The van der Waals surface area contributed by atoms with Gasteiger partial charge in [-0.1, -0.05) is 38.0 Å². The van der Waals surface area contributed by atoms with E-state index in [1.807, 2.05) is 18.2 Å². The van der Waals surface area contributed by atoms with E-state index in [0.29, 0.717) is 24.9 Å². The topological polar surface area (TPSA) is 86.9 Å². The van der Waals surface area contributed by atoms with Crippen molar-refractivity contribution in [2.75, 3.05) is 13.1 Å². The van der Waals surface area contributed by atoms with Crippen molar-refractivity contribution in [2.24, 2.45) is 5.73 Å². The Labute approximate surface area is 148 Å². The Bertz CT molecular complexity index is 622. The van der Waals surface area contributed by atoms with E-state index in [1.165, 1.54) is 0 Å². The fraction of sp³-hybridized carbons (Fsp3) is 0.579. The standard InChI is InChI=1S/C19H27N3O3/c1-2-3-9-14(20)19(25)21-11-10-15-17(21)16(23)12-22(15)18(24)13-7-5-4-6-8-13/h4-8,14-17,23H,2-3,9-12,20H2,1H3/t14-,15?,16-,17?/m0/s1. The first-order valence-corrected chi connectivity index (χ1v) is 9.14. The minimum atomic E-state index is -0.720. The zero-order chi connectivity index (χ0) is 18.0. The second kappa shape index (κ2) is 7.54. The first-order chi connectivity index (χ1) is 12.0. The predicted molar refractivity (Wildman–Crippen MR) is 94.9 cm³/mol. The number of likely N-dealkylation sites (tertiary alicyclic amines) is 2. The minimum Gasteiger partial charge on any atom is -0.389 e. The molecule has 1 aromatic carbocycles. The second-order valence-electron chi connectivity index (χ2n) is 7.02. The van der Waals surface area contributed by atoms with Gasteiger partial charge in [0.2, 0.25) is 5.91 Å². The van der Waals surface area contributed by atoms with E-state index < -0.39 is 12.1 Å². The van der Waals surface area contributed by atoms with Gasteiger partial charge in [0.1, 0.15) is 0 Å². The fourth-order valence-electron chi connectivity index (χ4n) is 4.05. The second-order valence-corrected chi connectivity index (χ2v) is 7.02. The third kappa shape index (κ3) is 3.41. The third-order valence-electron chi connectivity index (χ3n) is 5.35. The summed E-state index contributed by atoms with van der Waals surface area (Å²) in [5.41, 5.74) is 6.65. The number of nitrogens with two attached hydrogens (primary N) is 1. The first-order valence-electron chi connectivity index (χ1n) is 9.14. The molecule has 2 fully saturated rings. The van der Waals surface area contributed by atoms with Crippen molar-refractivity contribution in [2.45, 2.75) is 56.8 Å². The highest BCUT2D eigenvalue weighted by Gasteiger charge is 2.51. The van der Waals surface area contributed by atoms with Gasteiger partial charge in [-0.2, -0.15) is 0 Å². The van der Waals surface area contributed by atoms with Crippen LogP contribution < -0.4 is 5.73 Å². The van der Waals surface area contributed by atoms with Crippen LogP contribution >= 0.6 is 0 Å². The minimum absolute atomic E-state index is 0.0864. The van der Waals surface area contributed by atoms with Gasteiger partial charge in [0.05, 0.1) is 24.2 Å². The molecule has 6 nitrogen and oxygen atoms in total. The number of rotatable bonds is 5. The molecule has 2 unspecified atom stereocenters. The van der Waals surface area contributed by atoms with Gasteiger partial charge in [-0.25, -0.2) is 0 Å². The van der Waals surface area contributed by atoms with Crippen LogP contribution in [0.2, 0.25) is 0 Å². The lowest BCUT2D eigenvalue weighted by Crippen LogP contribution is -2.50. The number of benzene rings is 1. The van der Waals surface area contributed by atoms with Gasteiger partial charge >= 0.3 is 0 Å². The number of nitrogens with zero attached hydrogens (tertiary/aromatic N) is 2. The van der Waals surface area contributed by atoms with E-state index >= 15 is 0 Å². The quantitative estimate of drug-likeness (QED) is 0.833. The Balaban J connectivity index is 1.72. The molecule has 0 radical (unpaired) electrons. The van der Waals surface area contributed by atoms with Crippen LogP contribution in [-0.2, 0) is 4.79 Å². The van der Waals surface area contributed by atoms with Crippen molar-refractivity contribution < 1.29 is 14.7 Å². The van der Waals surface area contributed by atoms with Gasteiger partial charge in [-0.05, 0) is 25.0 Å². The number of carbonyl (C=O) groups is 2. The molecule has 1 aromatic rings. The number of hydrogen-bond acceptors (Lipinski definition) is 4. The first kappa shape index (κ1) is 17.9. The van der Waals surface area contributed by atoms with Crippen LogP contribution in [-0.4, -0.2) is 64.0 Å². The number of carbonyl (C=O) groups excluding carboxylic acids is 2. The van der Waals surface area contributed by atoms with Crippen LogP contribution in [0.4, 0.5) is 0 Å². The van der Waals surface area contributed by atoms with E-state index in [2.05, 4.69) is 6.92 Å². The lowest BCUT2D eigenvalue weighted by molar-refractivity contribution is -0.135. The summed E-state index contributed by atoms with van der Waals surface area (Å²) in [4.78, 5) is 28.9.